The first kappa shape index (κ1) is 23.5. The number of hydrogen-bond acceptors (Lipinski definition) is 4. The standard InChI is InChI=1S/C20H32ClFN2O3S/c1-13(8-9-23-20(26)14-4-3-5-16(10-14)28-2)24-19(25)12-27-15-6-7-17(21)18(22)11-15/h14-18H,1,3-12H2,2H3,(H,23,26)(H,24,25). The van der Waals surface area contributed by atoms with E-state index >= 15 is 0 Å². The maximum Gasteiger partial charge on any atom is 0.250 e. The van der Waals surface area contributed by atoms with E-state index in [0.29, 0.717) is 36.8 Å². The predicted octanol–water partition coefficient (Wildman–Crippen LogP) is 3.56. The number of ether oxygens (including phenoxy) is 1. The zero-order valence-corrected chi connectivity index (χ0v) is 18.1. The first-order valence-electron chi connectivity index (χ1n) is 10.1. The molecule has 0 spiro atoms. The molecule has 0 radical (unpaired) electrons. The highest BCUT2D eigenvalue weighted by Gasteiger charge is 2.30. The normalized spacial score (nSPS) is 30.5. The minimum absolute atomic E-state index is 0.0878. The van der Waals surface area contributed by atoms with Gasteiger partial charge in [0, 0.05) is 36.3 Å². The van der Waals surface area contributed by atoms with Gasteiger partial charge in [-0.25, -0.2) is 4.39 Å². The lowest BCUT2D eigenvalue weighted by molar-refractivity contribution is -0.128. The summed E-state index contributed by atoms with van der Waals surface area (Å²) < 4.78 is 19.1. The van der Waals surface area contributed by atoms with E-state index in [4.69, 9.17) is 16.3 Å². The summed E-state index contributed by atoms with van der Waals surface area (Å²) in [5.41, 5.74) is 0.535. The van der Waals surface area contributed by atoms with Crippen LogP contribution in [0.25, 0.3) is 0 Å². The van der Waals surface area contributed by atoms with E-state index in [9.17, 15) is 14.0 Å². The topological polar surface area (TPSA) is 67.4 Å². The summed E-state index contributed by atoms with van der Waals surface area (Å²) in [7, 11) is 0. The van der Waals surface area contributed by atoms with Gasteiger partial charge in [-0.15, -0.1) is 11.6 Å². The van der Waals surface area contributed by atoms with Gasteiger partial charge < -0.3 is 15.4 Å². The maximum absolute atomic E-state index is 13.6. The smallest absolute Gasteiger partial charge is 0.250 e. The number of rotatable bonds is 9. The molecule has 0 heterocycles. The first-order chi connectivity index (χ1) is 13.4. The lowest BCUT2D eigenvalue weighted by Crippen LogP contribution is -2.36. The Labute approximate surface area is 176 Å². The summed E-state index contributed by atoms with van der Waals surface area (Å²) in [6.45, 7) is 4.14. The molecule has 2 amide bonds. The summed E-state index contributed by atoms with van der Waals surface area (Å²) in [6.07, 6.45) is 6.83. The van der Waals surface area contributed by atoms with Crippen LogP contribution in [0.3, 0.4) is 0 Å². The van der Waals surface area contributed by atoms with Crippen LogP contribution in [0.1, 0.15) is 51.4 Å². The molecule has 5 nitrogen and oxygen atoms in total. The first-order valence-corrected chi connectivity index (χ1v) is 11.8. The van der Waals surface area contributed by atoms with Gasteiger partial charge in [0.05, 0.1) is 11.5 Å². The number of halogens is 2. The molecule has 0 saturated heterocycles. The van der Waals surface area contributed by atoms with Crippen molar-refractivity contribution in [2.75, 3.05) is 19.4 Å². The van der Waals surface area contributed by atoms with Gasteiger partial charge in [0.2, 0.25) is 11.8 Å². The molecule has 2 aliphatic rings. The molecule has 0 aromatic heterocycles. The van der Waals surface area contributed by atoms with Crippen LogP contribution in [0.15, 0.2) is 12.3 Å². The molecule has 28 heavy (non-hydrogen) atoms. The minimum atomic E-state index is -1.09. The van der Waals surface area contributed by atoms with Crippen molar-refractivity contribution in [3.8, 4) is 0 Å². The number of alkyl halides is 2. The van der Waals surface area contributed by atoms with E-state index in [1.54, 1.807) is 0 Å². The molecular weight excluding hydrogens is 403 g/mol. The van der Waals surface area contributed by atoms with Crippen molar-refractivity contribution >= 4 is 35.2 Å². The molecule has 0 aromatic carbocycles. The molecule has 2 saturated carbocycles. The van der Waals surface area contributed by atoms with E-state index in [1.165, 1.54) is 6.42 Å². The van der Waals surface area contributed by atoms with Crippen LogP contribution in [0.2, 0.25) is 0 Å². The molecule has 160 valence electrons. The highest BCUT2D eigenvalue weighted by Crippen LogP contribution is 2.31. The fourth-order valence-corrected chi connectivity index (χ4v) is 4.82. The van der Waals surface area contributed by atoms with Crippen molar-refractivity contribution in [2.45, 2.75) is 74.3 Å². The van der Waals surface area contributed by atoms with Crippen LogP contribution in [0, 0.1) is 5.92 Å². The van der Waals surface area contributed by atoms with Crippen molar-refractivity contribution in [3.05, 3.63) is 12.3 Å². The molecule has 2 fully saturated rings. The summed E-state index contributed by atoms with van der Waals surface area (Å²) >= 11 is 7.68. The van der Waals surface area contributed by atoms with Crippen LogP contribution in [0.4, 0.5) is 4.39 Å². The molecule has 2 N–H and O–H groups in total. The fourth-order valence-electron chi connectivity index (χ4n) is 3.76. The van der Waals surface area contributed by atoms with Gasteiger partial charge in [-0.3, -0.25) is 9.59 Å². The van der Waals surface area contributed by atoms with Gasteiger partial charge in [0.15, 0.2) is 0 Å². The van der Waals surface area contributed by atoms with Crippen molar-refractivity contribution in [3.63, 3.8) is 0 Å². The second-order valence-electron chi connectivity index (χ2n) is 7.69. The highest BCUT2D eigenvalue weighted by molar-refractivity contribution is 7.99. The van der Waals surface area contributed by atoms with Crippen molar-refractivity contribution in [1.29, 1.82) is 0 Å². The van der Waals surface area contributed by atoms with Crippen LogP contribution in [-0.4, -0.2) is 54.1 Å². The Morgan fingerprint density at radius 1 is 1.25 bits per heavy atom. The molecule has 8 heteroatoms. The van der Waals surface area contributed by atoms with Gasteiger partial charge in [-0.1, -0.05) is 13.0 Å². The van der Waals surface area contributed by atoms with Gasteiger partial charge in [-0.2, -0.15) is 11.8 Å². The predicted molar refractivity (Wildman–Crippen MR) is 112 cm³/mol. The summed E-state index contributed by atoms with van der Waals surface area (Å²) in [4.78, 5) is 24.2. The highest BCUT2D eigenvalue weighted by atomic mass is 35.5. The van der Waals surface area contributed by atoms with Gasteiger partial charge >= 0.3 is 0 Å². The number of carbonyl (C=O) groups is 2. The second-order valence-corrected chi connectivity index (χ2v) is 9.39. The Kier molecular flexibility index (Phi) is 10.1. The number of carbonyl (C=O) groups excluding carboxylic acids is 2. The van der Waals surface area contributed by atoms with E-state index < -0.39 is 11.5 Å². The Hall–Kier alpha value is -0.790. The lowest BCUT2D eigenvalue weighted by Gasteiger charge is -2.28. The second kappa shape index (κ2) is 12.0. The number of hydrogen-bond donors (Lipinski definition) is 2. The summed E-state index contributed by atoms with van der Waals surface area (Å²) in [5, 5.41) is 5.74. The average Bonchev–Trinajstić information content (AvgIpc) is 2.68. The van der Waals surface area contributed by atoms with Crippen molar-refractivity contribution in [2.24, 2.45) is 5.92 Å². The molecule has 2 aliphatic carbocycles. The Balaban J connectivity index is 1.57. The van der Waals surface area contributed by atoms with Crippen molar-refractivity contribution in [1.82, 2.24) is 10.6 Å². The molecular formula is C20H32ClFN2O3S. The zero-order valence-electron chi connectivity index (χ0n) is 16.6. The monoisotopic (exact) mass is 434 g/mol. The quantitative estimate of drug-likeness (QED) is 0.544. The molecule has 0 aliphatic heterocycles. The third-order valence-corrected chi connectivity index (χ3v) is 7.05. The van der Waals surface area contributed by atoms with E-state index in [0.717, 1.165) is 19.3 Å². The van der Waals surface area contributed by atoms with Crippen LogP contribution in [0.5, 0.6) is 0 Å². The van der Waals surface area contributed by atoms with Crippen LogP contribution < -0.4 is 10.6 Å². The van der Waals surface area contributed by atoms with E-state index in [-0.39, 0.29) is 36.9 Å². The molecule has 5 atom stereocenters. The van der Waals surface area contributed by atoms with Gasteiger partial charge in [0.25, 0.3) is 0 Å². The van der Waals surface area contributed by atoms with Gasteiger partial charge in [-0.05, 0) is 38.4 Å². The maximum atomic E-state index is 13.6. The molecule has 0 bridgehead atoms. The van der Waals surface area contributed by atoms with E-state index in [1.807, 2.05) is 11.8 Å². The zero-order chi connectivity index (χ0) is 20.5. The summed E-state index contributed by atoms with van der Waals surface area (Å²) in [5.74, 6) is -0.128. The SMILES string of the molecule is C=C(CCNC(=O)C1CCCC(SC)C1)NC(=O)COC1CCC(Cl)C(F)C1. The van der Waals surface area contributed by atoms with Crippen LogP contribution >= 0.6 is 23.4 Å². The minimum Gasteiger partial charge on any atom is -0.368 e. The third kappa shape index (κ3) is 7.91. The lowest BCUT2D eigenvalue weighted by atomic mass is 9.88. The number of thioether (sulfide) groups is 1. The molecule has 0 aromatic rings. The Bertz CT molecular complexity index is 552. The Morgan fingerprint density at radius 2 is 2.04 bits per heavy atom. The van der Waals surface area contributed by atoms with E-state index in [2.05, 4.69) is 23.5 Å². The third-order valence-electron chi connectivity index (χ3n) is 5.47. The Morgan fingerprint density at radius 3 is 2.75 bits per heavy atom. The van der Waals surface area contributed by atoms with Gasteiger partial charge in [0.1, 0.15) is 12.8 Å². The van der Waals surface area contributed by atoms with Crippen molar-refractivity contribution < 1.29 is 18.7 Å². The molecule has 5 unspecified atom stereocenters. The number of amides is 2. The average molecular weight is 435 g/mol. The summed E-state index contributed by atoms with van der Waals surface area (Å²) in [6, 6.07) is 0. The van der Waals surface area contributed by atoms with Crippen LogP contribution in [-0.2, 0) is 14.3 Å². The molecule has 2 rings (SSSR count). The largest absolute Gasteiger partial charge is 0.368 e. The fraction of sp³-hybridized carbons (Fsp3) is 0.800. The number of nitrogens with one attached hydrogen (secondary N) is 2.